The largest absolute Gasteiger partial charge is 0.494 e. The third-order valence-corrected chi connectivity index (χ3v) is 5.76. The number of benzene rings is 1. The first-order chi connectivity index (χ1) is 12.1. The molecule has 0 radical (unpaired) electrons. The van der Waals surface area contributed by atoms with E-state index in [0.29, 0.717) is 13.2 Å². The molecule has 4 nitrogen and oxygen atoms in total. The van der Waals surface area contributed by atoms with Crippen LogP contribution >= 0.6 is 11.3 Å². The summed E-state index contributed by atoms with van der Waals surface area (Å²) in [6, 6.07) is 12.5. The molecule has 3 rings (SSSR count). The second kappa shape index (κ2) is 8.02. The fourth-order valence-corrected chi connectivity index (χ4v) is 4.60. The van der Waals surface area contributed by atoms with Crippen molar-refractivity contribution in [2.24, 2.45) is 5.92 Å². The molecule has 0 spiro atoms. The van der Waals surface area contributed by atoms with Crippen LogP contribution in [0.1, 0.15) is 41.1 Å². The number of rotatable bonds is 6. The van der Waals surface area contributed by atoms with Gasteiger partial charge in [0.1, 0.15) is 5.75 Å². The molecule has 2 atom stereocenters. The summed E-state index contributed by atoms with van der Waals surface area (Å²) in [6.07, 6.45) is 1.67. The molecule has 0 amide bonds. The third kappa shape index (κ3) is 4.05. The summed E-state index contributed by atoms with van der Waals surface area (Å²) in [5.74, 6) is -0.0982. The number of aryl methyl sites for hydroxylation is 1. The van der Waals surface area contributed by atoms with Crippen molar-refractivity contribution in [2.45, 2.75) is 32.7 Å². The molecule has 2 aromatic rings. The molecule has 1 N–H and O–H groups in total. The van der Waals surface area contributed by atoms with Gasteiger partial charge in [-0.3, -0.25) is 9.69 Å². The van der Waals surface area contributed by atoms with Gasteiger partial charge in [0.15, 0.2) is 0 Å². The lowest BCUT2D eigenvalue weighted by atomic mass is 9.94. The zero-order valence-corrected chi connectivity index (χ0v) is 15.6. The summed E-state index contributed by atoms with van der Waals surface area (Å²) in [5, 5.41) is 9.47. The van der Waals surface area contributed by atoms with E-state index in [0.717, 1.165) is 30.7 Å². The maximum absolute atomic E-state index is 11.5. The average molecular weight is 359 g/mol. The maximum Gasteiger partial charge on any atom is 0.307 e. The van der Waals surface area contributed by atoms with Crippen molar-refractivity contribution < 1.29 is 14.6 Å². The van der Waals surface area contributed by atoms with Gasteiger partial charge in [0.2, 0.25) is 0 Å². The maximum atomic E-state index is 11.5. The van der Waals surface area contributed by atoms with Gasteiger partial charge >= 0.3 is 5.97 Å². The van der Waals surface area contributed by atoms with Crippen LogP contribution in [0.3, 0.4) is 0 Å². The van der Waals surface area contributed by atoms with Crippen molar-refractivity contribution >= 4 is 17.3 Å². The Morgan fingerprint density at radius 2 is 2.16 bits per heavy atom. The first-order valence-electron chi connectivity index (χ1n) is 8.85. The molecular formula is C20H25NO3S. The highest BCUT2D eigenvalue weighted by Crippen LogP contribution is 2.39. The van der Waals surface area contributed by atoms with Crippen molar-refractivity contribution in [1.82, 2.24) is 4.90 Å². The van der Waals surface area contributed by atoms with Crippen LogP contribution < -0.4 is 4.74 Å². The van der Waals surface area contributed by atoms with Crippen molar-refractivity contribution in [3.63, 3.8) is 0 Å². The van der Waals surface area contributed by atoms with Gasteiger partial charge in [-0.1, -0.05) is 18.2 Å². The molecule has 1 aromatic carbocycles. The number of thiophene rings is 1. The first-order valence-corrected chi connectivity index (χ1v) is 9.66. The lowest BCUT2D eigenvalue weighted by molar-refractivity contribution is -0.143. The number of carbonyl (C=O) groups is 1. The number of ether oxygens (including phenoxy) is 1. The number of para-hydroxylation sites is 1. The highest BCUT2D eigenvalue weighted by atomic mass is 32.1. The van der Waals surface area contributed by atoms with Gasteiger partial charge in [-0.05, 0) is 51.4 Å². The van der Waals surface area contributed by atoms with Crippen LogP contribution in [0.25, 0.3) is 0 Å². The number of carboxylic acid groups (broad SMARTS) is 1. The molecule has 5 heteroatoms. The normalized spacial score (nSPS) is 19.5. The van der Waals surface area contributed by atoms with Crippen LogP contribution in [0.4, 0.5) is 0 Å². The van der Waals surface area contributed by atoms with E-state index in [1.165, 1.54) is 9.75 Å². The molecule has 0 aliphatic carbocycles. The van der Waals surface area contributed by atoms with E-state index >= 15 is 0 Å². The van der Waals surface area contributed by atoms with Crippen molar-refractivity contribution in [2.75, 3.05) is 19.7 Å². The molecule has 1 aliphatic rings. The van der Waals surface area contributed by atoms with Crippen LogP contribution in [0.2, 0.25) is 0 Å². The number of nitrogens with zero attached hydrogens (tertiary/aromatic N) is 1. The second-order valence-corrected chi connectivity index (χ2v) is 7.81. The summed E-state index contributed by atoms with van der Waals surface area (Å²) < 4.78 is 5.87. The van der Waals surface area contributed by atoms with Gasteiger partial charge in [-0.15, -0.1) is 11.3 Å². The number of hydrogen-bond donors (Lipinski definition) is 1. The Bertz CT molecular complexity index is 727. The van der Waals surface area contributed by atoms with Crippen LogP contribution in [-0.2, 0) is 4.79 Å². The molecule has 134 valence electrons. The molecule has 0 saturated carbocycles. The minimum absolute atomic E-state index is 0.0450. The summed E-state index contributed by atoms with van der Waals surface area (Å²) in [5.41, 5.74) is 1.12. The van der Waals surface area contributed by atoms with Crippen molar-refractivity contribution in [3.8, 4) is 5.75 Å². The Morgan fingerprint density at radius 1 is 1.36 bits per heavy atom. The third-order valence-electron chi connectivity index (χ3n) is 4.71. The van der Waals surface area contributed by atoms with Gasteiger partial charge in [-0.25, -0.2) is 0 Å². The highest BCUT2D eigenvalue weighted by Gasteiger charge is 2.33. The molecule has 25 heavy (non-hydrogen) atoms. The smallest absolute Gasteiger partial charge is 0.307 e. The fourth-order valence-electron chi connectivity index (χ4n) is 3.57. The Labute approximate surface area is 153 Å². The minimum Gasteiger partial charge on any atom is -0.494 e. The van der Waals surface area contributed by atoms with E-state index < -0.39 is 5.97 Å². The SMILES string of the molecule is CCOc1ccccc1C(c1ccc(C)s1)N1CCCC(C(=O)O)C1. The zero-order chi connectivity index (χ0) is 17.8. The van der Waals surface area contributed by atoms with Crippen LogP contribution in [0.15, 0.2) is 36.4 Å². The Kier molecular flexibility index (Phi) is 5.76. The van der Waals surface area contributed by atoms with Gasteiger partial charge < -0.3 is 9.84 Å². The molecule has 2 heterocycles. The summed E-state index contributed by atoms with van der Waals surface area (Å²) >= 11 is 1.78. The summed E-state index contributed by atoms with van der Waals surface area (Å²) in [6.45, 7) is 6.20. The average Bonchev–Trinajstić information content (AvgIpc) is 3.03. The van der Waals surface area contributed by atoms with Gasteiger partial charge in [0.05, 0.1) is 18.6 Å². The number of carboxylic acids is 1. The van der Waals surface area contributed by atoms with Gasteiger partial charge in [-0.2, -0.15) is 0 Å². The fraction of sp³-hybridized carbons (Fsp3) is 0.450. The monoisotopic (exact) mass is 359 g/mol. The lowest BCUT2D eigenvalue weighted by Gasteiger charge is -2.37. The molecule has 1 saturated heterocycles. The summed E-state index contributed by atoms with van der Waals surface area (Å²) in [7, 11) is 0. The predicted molar refractivity (Wildman–Crippen MR) is 100 cm³/mol. The number of likely N-dealkylation sites (tertiary alicyclic amines) is 1. The number of piperidine rings is 1. The van der Waals surface area contributed by atoms with Crippen molar-refractivity contribution in [3.05, 3.63) is 51.7 Å². The standard InChI is InChI=1S/C20H25NO3S/c1-3-24-17-9-5-4-8-16(17)19(18-11-10-14(2)25-18)21-12-6-7-15(13-21)20(22)23/h4-5,8-11,15,19H,3,6-7,12-13H2,1-2H3,(H,22,23). The Hall–Kier alpha value is -1.85. The Morgan fingerprint density at radius 3 is 2.84 bits per heavy atom. The van der Waals surface area contributed by atoms with E-state index in [9.17, 15) is 9.90 Å². The van der Waals surface area contributed by atoms with E-state index in [1.54, 1.807) is 11.3 Å². The van der Waals surface area contributed by atoms with E-state index in [1.807, 2.05) is 25.1 Å². The quantitative estimate of drug-likeness (QED) is 0.833. The minimum atomic E-state index is -0.691. The molecule has 2 unspecified atom stereocenters. The van der Waals surface area contributed by atoms with E-state index in [4.69, 9.17) is 4.74 Å². The lowest BCUT2D eigenvalue weighted by Crippen LogP contribution is -2.41. The molecule has 0 bridgehead atoms. The second-order valence-electron chi connectivity index (χ2n) is 6.49. The molecular weight excluding hydrogens is 334 g/mol. The first kappa shape index (κ1) is 18.0. The number of aliphatic carboxylic acids is 1. The number of hydrogen-bond acceptors (Lipinski definition) is 4. The van der Waals surface area contributed by atoms with E-state index in [2.05, 4.69) is 30.0 Å². The van der Waals surface area contributed by atoms with Crippen LogP contribution in [0.5, 0.6) is 5.75 Å². The van der Waals surface area contributed by atoms with Crippen LogP contribution in [-0.4, -0.2) is 35.7 Å². The summed E-state index contributed by atoms with van der Waals surface area (Å²) in [4.78, 5) is 16.3. The zero-order valence-electron chi connectivity index (χ0n) is 14.8. The topological polar surface area (TPSA) is 49.8 Å². The van der Waals surface area contributed by atoms with Crippen LogP contribution in [0, 0.1) is 12.8 Å². The predicted octanol–water partition coefficient (Wildman–Crippen LogP) is 4.34. The highest BCUT2D eigenvalue weighted by molar-refractivity contribution is 7.12. The molecule has 1 aliphatic heterocycles. The Balaban J connectivity index is 2.00. The van der Waals surface area contributed by atoms with Gasteiger partial charge in [0.25, 0.3) is 0 Å². The van der Waals surface area contributed by atoms with Crippen molar-refractivity contribution in [1.29, 1.82) is 0 Å². The van der Waals surface area contributed by atoms with Gasteiger partial charge in [0, 0.05) is 21.9 Å². The van der Waals surface area contributed by atoms with E-state index in [-0.39, 0.29) is 12.0 Å². The molecule has 1 fully saturated rings. The molecule has 1 aromatic heterocycles.